The summed E-state index contributed by atoms with van der Waals surface area (Å²) in [5.41, 5.74) is 8.76. The van der Waals surface area contributed by atoms with Crippen LogP contribution in [0.25, 0.3) is 11.3 Å². The predicted molar refractivity (Wildman–Crippen MR) is 129 cm³/mol. The van der Waals surface area contributed by atoms with Gasteiger partial charge in [0.2, 0.25) is 0 Å². The SMILES string of the molecule is CC#CC=O.CNC(=O)c1c(-c2ccc(OC(C)C)cc2)nn(C2CC3(C2)CN(C)C3)c1N. The Morgan fingerprint density at radius 1 is 1.30 bits per heavy atom. The van der Waals surface area contributed by atoms with Gasteiger partial charge in [0.15, 0.2) is 6.29 Å². The Morgan fingerprint density at radius 2 is 1.94 bits per heavy atom. The van der Waals surface area contributed by atoms with Gasteiger partial charge >= 0.3 is 0 Å². The van der Waals surface area contributed by atoms with Crippen LogP contribution in [0.5, 0.6) is 5.75 Å². The monoisotopic (exact) mass is 451 g/mol. The van der Waals surface area contributed by atoms with Gasteiger partial charge in [-0.05, 0) is 76.3 Å². The van der Waals surface area contributed by atoms with Gasteiger partial charge in [-0.15, -0.1) is 0 Å². The summed E-state index contributed by atoms with van der Waals surface area (Å²) in [4.78, 5) is 24.1. The lowest BCUT2D eigenvalue weighted by Gasteiger charge is -2.58. The number of nitrogens with one attached hydrogen (secondary N) is 1. The number of carbonyl (C=O) groups excluding carboxylic acids is 2. The van der Waals surface area contributed by atoms with Crippen LogP contribution in [-0.4, -0.2) is 60.2 Å². The van der Waals surface area contributed by atoms with E-state index in [0.717, 1.165) is 37.2 Å². The minimum absolute atomic E-state index is 0.110. The lowest BCUT2D eigenvalue weighted by molar-refractivity contribution is -0.103. The van der Waals surface area contributed by atoms with Gasteiger partial charge in [-0.1, -0.05) is 5.92 Å². The first-order valence-electron chi connectivity index (χ1n) is 11.1. The zero-order valence-corrected chi connectivity index (χ0v) is 20.0. The number of carbonyl (C=O) groups is 2. The van der Waals surface area contributed by atoms with E-state index in [9.17, 15) is 9.59 Å². The quantitative estimate of drug-likeness (QED) is 0.535. The molecule has 0 bridgehead atoms. The summed E-state index contributed by atoms with van der Waals surface area (Å²) in [6.45, 7) is 7.87. The van der Waals surface area contributed by atoms with Gasteiger partial charge in [-0.25, -0.2) is 4.68 Å². The van der Waals surface area contributed by atoms with E-state index in [4.69, 9.17) is 15.6 Å². The molecule has 1 aliphatic heterocycles. The van der Waals surface area contributed by atoms with Crippen molar-refractivity contribution in [2.75, 3.05) is 32.9 Å². The fourth-order valence-corrected chi connectivity index (χ4v) is 4.77. The van der Waals surface area contributed by atoms with Crippen LogP contribution in [0, 0.1) is 17.3 Å². The number of rotatable bonds is 5. The number of hydrogen-bond donors (Lipinski definition) is 2. The van der Waals surface area contributed by atoms with E-state index in [-0.39, 0.29) is 18.1 Å². The van der Waals surface area contributed by atoms with Gasteiger partial charge in [0, 0.05) is 25.7 Å². The summed E-state index contributed by atoms with van der Waals surface area (Å²) in [5.74, 6) is 5.61. The van der Waals surface area contributed by atoms with Crippen molar-refractivity contribution >= 4 is 18.0 Å². The Bertz CT molecular complexity index is 1050. The molecular weight excluding hydrogens is 418 g/mol. The van der Waals surface area contributed by atoms with E-state index in [2.05, 4.69) is 29.1 Å². The molecule has 1 aromatic carbocycles. The molecule has 1 saturated heterocycles. The minimum atomic E-state index is -0.210. The van der Waals surface area contributed by atoms with Crippen LogP contribution in [-0.2, 0) is 4.79 Å². The molecule has 8 nitrogen and oxygen atoms in total. The molecular formula is C25H33N5O3. The molecule has 0 unspecified atom stereocenters. The molecule has 1 amide bonds. The highest BCUT2D eigenvalue weighted by molar-refractivity contribution is 6.04. The minimum Gasteiger partial charge on any atom is -0.491 e. The summed E-state index contributed by atoms with van der Waals surface area (Å²) < 4.78 is 7.58. The van der Waals surface area contributed by atoms with Crippen molar-refractivity contribution in [1.29, 1.82) is 0 Å². The molecule has 0 radical (unpaired) electrons. The molecule has 1 saturated carbocycles. The number of benzene rings is 1. The fraction of sp³-hybridized carbons (Fsp3) is 0.480. The van der Waals surface area contributed by atoms with Crippen molar-refractivity contribution in [3.63, 3.8) is 0 Å². The molecule has 176 valence electrons. The molecule has 1 spiro atoms. The first-order valence-corrected chi connectivity index (χ1v) is 11.1. The third-order valence-corrected chi connectivity index (χ3v) is 6.00. The normalized spacial score (nSPS) is 16.5. The van der Waals surface area contributed by atoms with Crippen molar-refractivity contribution in [3.05, 3.63) is 29.8 Å². The predicted octanol–water partition coefficient (Wildman–Crippen LogP) is 2.75. The van der Waals surface area contributed by atoms with Gasteiger partial charge in [0.25, 0.3) is 5.91 Å². The smallest absolute Gasteiger partial charge is 0.257 e. The van der Waals surface area contributed by atoms with Crippen LogP contribution < -0.4 is 15.8 Å². The molecule has 33 heavy (non-hydrogen) atoms. The summed E-state index contributed by atoms with van der Waals surface area (Å²) in [6.07, 6.45) is 2.81. The Morgan fingerprint density at radius 3 is 2.39 bits per heavy atom. The van der Waals surface area contributed by atoms with Gasteiger partial charge < -0.3 is 20.7 Å². The number of likely N-dealkylation sites (tertiary alicyclic amines) is 1. The van der Waals surface area contributed by atoms with E-state index in [1.807, 2.05) is 42.8 Å². The number of nitrogen functional groups attached to an aromatic ring is 1. The topological polar surface area (TPSA) is 102 Å². The molecule has 2 fully saturated rings. The highest BCUT2D eigenvalue weighted by atomic mass is 16.5. The van der Waals surface area contributed by atoms with Gasteiger partial charge in [0.1, 0.15) is 22.8 Å². The van der Waals surface area contributed by atoms with Crippen LogP contribution in [0.2, 0.25) is 0 Å². The summed E-state index contributed by atoms with van der Waals surface area (Å²) in [5, 5.41) is 7.48. The molecule has 4 rings (SSSR count). The van der Waals surface area contributed by atoms with Crippen molar-refractivity contribution in [1.82, 2.24) is 20.0 Å². The van der Waals surface area contributed by atoms with Crippen molar-refractivity contribution in [3.8, 4) is 28.8 Å². The van der Waals surface area contributed by atoms with E-state index < -0.39 is 0 Å². The summed E-state index contributed by atoms with van der Waals surface area (Å²) in [7, 11) is 3.76. The maximum atomic E-state index is 12.5. The Hall–Kier alpha value is -3.31. The number of anilines is 1. The van der Waals surface area contributed by atoms with E-state index in [1.54, 1.807) is 14.0 Å². The van der Waals surface area contributed by atoms with Gasteiger partial charge in [0.05, 0.1) is 12.1 Å². The van der Waals surface area contributed by atoms with Crippen LogP contribution in [0.3, 0.4) is 0 Å². The Balaban J connectivity index is 0.000000555. The number of ether oxygens (including phenoxy) is 1. The summed E-state index contributed by atoms with van der Waals surface area (Å²) in [6, 6.07) is 7.93. The number of nitrogens with two attached hydrogens (primary N) is 1. The average Bonchev–Trinajstić information content (AvgIpc) is 3.07. The van der Waals surface area contributed by atoms with Gasteiger partial charge in [-0.2, -0.15) is 5.10 Å². The highest BCUT2D eigenvalue weighted by Gasteiger charge is 2.52. The third-order valence-electron chi connectivity index (χ3n) is 6.00. The Kier molecular flexibility index (Phi) is 7.44. The first-order chi connectivity index (χ1) is 15.7. The van der Waals surface area contributed by atoms with Gasteiger partial charge in [-0.3, -0.25) is 9.59 Å². The summed E-state index contributed by atoms with van der Waals surface area (Å²) >= 11 is 0. The van der Waals surface area contributed by atoms with Crippen LogP contribution in [0.15, 0.2) is 24.3 Å². The van der Waals surface area contributed by atoms with E-state index in [1.165, 1.54) is 0 Å². The standard InChI is InChI=1S/C21H29N5O2.C4H4O/c1-13(2)28-16-7-5-14(6-8-16)18-17(20(27)23-3)19(22)26(24-18)15-9-21(10-15)11-25(4)12-21;1-2-3-4-5/h5-8,13,15H,9-12,22H2,1-4H3,(H,23,27);4H,1H3. The fourth-order valence-electron chi connectivity index (χ4n) is 4.77. The van der Waals surface area contributed by atoms with E-state index >= 15 is 0 Å². The van der Waals surface area contributed by atoms with Crippen molar-refractivity contribution < 1.29 is 14.3 Å². The lowest BCUT2D eigenvalue weighted by Crippen LogP contribution is -2.60. The molecule has 2 aromatic rings. The number of amides is 1. The average molecular weight is 452 g/mol. The van der Waals surface area contributed by atoms with Crippen molar-refractivity contribution in [2.45, 2.75) is 45.8 Å². The number of hydrogen-bond acceptors (Lipinski definition) is 6. The Labute approximate surface area is 195 Å². The molecule has 1 aliphatic carbocycles. The lowest BCUT2D eigenvalue weighted by atomic mass is 9.61. The molecule has 3 N–H and O–H groups in total. The maximum absolute atomic E-state index is 12.5. The molecule has 2 aliphatic rings. The molecule has 0 atom stereocenters. The zero-order valence-electron chi connectivity index (χ0n) is 20.0. The van der Waals surface area contributed by atoms with Crippen LogP contribution in [0.4, 0.5) is 5.82 Å². The second-order valence-electron chi connectivity index (χ2n) is 9.07. The molecule has 1 aromatic heterocycles. The van der Waals surface area contributed by atoms with Crippen LogP contribution in [0.1, 0.15) is 50.0 Å². The first kappa shape index (κ1) is 24.3. The highest BCUT2D eigenvalue weighted by Crippen LogP contribution is 2.54. The van der Waals surface area contributed by atoms with Crippen LogP contribution >= 0.6 is 0 Å². The second kappa shape index (κ2) is 10.1. The largest absolute Gasteiger partial charge is 0.491 e. The zero-order chi connectivity index (χ0) is 24.2. The number of nitrogens with zero attached hydrogens (tertiary/aromatic N) is 3. The van der Waals surface area contributed by atoms with E-state index in [0.29, 0.717) is 28.8 Å². The maximum Gasteiger partial charge on any atom is 0.257 e. The second-order valence-corrected chi connectivity index (χ2v) is 9.07. The number of aldehydes is 1. The molecule has 8 heteroatoms. The van der Waals surface area contributed by atoms with Crippen molar-refractivity contribution in [2.24, 2.45) is 5.41 Å². The molecule has 2 heterocycles. The number of aromatic nitrogens is 2. The third kappa shape index (κ3) is 5.20.